The molecule has 1 aromatic carbocycles. The van der Waals surface area contributed by atoms with Gasteiger partial charge in [-0.15, -0.1) is 0 Å². The van der Waals surface area contributed by atoms with Gasteiger partial charge in [0.25, 0.3) is 15.9 Å². The van der Waals surface area contributed by atoms with Crippen LogP contribution in [0.4, 0.5) is 10.1 Å². The molecule has 0 radical (unpaired) electrons. The van der Waals surface area contributed by atoms with E-state index in [4.69, 9.17) is 16.3 Å². The van der Waals surface area contributed by atoms with Crippen molar-refractivity contribution in [3.8, 4) is 5.88 Å². The molecule has 3 rings (SSSR count). The van der Waals surface area contributed by atoms with E-state index in [1.54, 1.807) is 0 Å². The summed E-state index contributed by atoms with van der Waals surface area (Å²) in [4.78, 5) is 15.8. The van der Waals surface area contributed by atoms with Gasteiger partial charge in [0.05, 0.1) is 17.7 Å². The van der Waals surface area contributed by atoms with Crippen LogP contribution in [0.15, 0.2) is 35.4 Å². The highest BCUT2D eigenvalue weighted by atomic mass is 35.5. The standard InChI is InChI=1S/C18H19ClFN3O5S/c1-18(2,25)10-22-16(24)11-7-14-17(21-9-11)28-6-5-23(14)29(26,27)15-4-3-12(19)8-13(15)20/h3-4,7-9,25H,5-6,10H2,1-2H3,(H,22,24). The number of hydrogen-bond donors (Lipinski definition) is 2. The molecule has 0 fully saturated rings. The van der Waals surface area contributed by atoms with Gasteiger partial charge in [0.15, 0.2) is 0 Å². The van der Waals surface area contributed by atoms with Gasteiger partial charge in [-0.3, -0.25) is 9.10 Å². The number of carbonyl (C=O) groups is 1. The summed E-state index contributed by atoms with van der Waals surface area (Å²) in [6.45, 7) is 2.96. The van der Waals surface area contributed by atoms with Crippen LogP contribution in [0.25, 0.3) is 0 Å². The van der Waals surface area contributed by atoms with E-state index in [2.05, 4.69) is 10.3 Å². The van der Waals surface area contributed by atoms with E-state index in [0.29, 0.717) is 0 Å². The summed E-state index contributed by atoms with van der Waals surface area (Å²) in [5.41, 5.74) is -1.04. The number of rotatable bonds is 5. The lowest BCUT2D eigenvalue weighted by Gasteiger charge is -2.30. The number of halogens is 2. The first-order chi connectivity index (χ1) is 13.5. The summed E-state index contributed by atoms with van der Waals surface area (Å²) >= 11 is 5.71. The van der Waals surface area contributed by atoms with Crippen molar-refractivity contribution >= 4 is 33.2 Å². The third kappa shape index (κ3) is 4.60. The topological polar surface area (TPSA) is 109 Å². The fourth-order valence-corrected chi connectivity index (χ4v) is 4.30. The Morgan fingerprint density at radius 2 is 2.14 bits per heavy atom. The van der Waals surface area contributed by atoms with Gasteiger partial charge in [0.2, 0.25) is 5.88 Å². The lowest BCUT2D eigenvalue weighted by atomic mass is 10.1. The molecule has 0 saturated carbocycles. The Bertz CT molecular complexity index is 1060. The number of nitrogens with one attached hydrogen (secondary N) is 1. The molecule has 2 aromatic rings. The molecule has 2 heterocycles. The Hall–Kier alpha value is -2.43. The maximum atomic E-state index is 14.3. The predicted octanol–water partition coefficient (Wildman–Crippen LogP) is 1.96. The lowest BCUT2D eigenvalue weighted by Crippen LogP contribution is -2.40. The van der Waals surface area contributed by atoms with Gasteiger partial charge in [-0.2, -0.15) is 0 Å². The summed E-state index contributed by atoms with van der Waals surface area (Å²) < 4.78 is 46.7. The Kier molecular flexibility index (Phi) is 5.70. The average molecular weight is 444 g/mol. The third-order valence-electron chi connectivity index (χ3n) is 4.04. The number of hydrogen-bond acceptors (Lipinski definition) is 6. The lowest BCUT2D eigenvalue weighted by molar-refractivity contribution is 0.0694. The Balaban J connectivity index is 1.98. The second-order valence-corrected chi connectivity index (χ2v) is 9.31. The molecule has 11 heteroatoms. The molecule has 0 aliphatic carbocycles. The number of ether oxygens (including phenoxy) is 1. The van der Waals surface area contributed by atoms with Gasteiger partial charge < -0.3 is 15.2 Å². The Labute approximate surface area is 172 Å². The maximum absolute atomic E-state index is 14.3. The Morgan fingerprint density at radius 1 is 1.41 bits per heavy atom. The second-order valence-electron chi connectivity index (χ2n) is 7.04. The number of aromatic nitrogens is 1. The summed E-state index contributed by atoms with van der Waals surface area (Å²) in [6, 6.07) is 4.56. The van der Waals surface area contributed by atoms with E-state index in [0.717, 1.165) is 16.4 Å². The number of amides is 1. The van der Waals surface area contributed by atoms with Crippen molar-refractivity contribution in [1.29, 1.82) is 0 Å². The minimum Gasteiger partial charge on any atom is -0.474 e. The van der Waals surface area contributed by atoms with Crippen LogP contribution in [-0.4, -0.2) is 49.7 Å². The molecule has 0 atom stereocenters. The molecular formula is C18H19ClFN3O5S. The van der Waals surface area contributed by atoms with Gasteiger partial charge in [-0.25, -0.2) is 17.8 Å². The molecule has 1 amide bonds. The van der Waals surface area contributed by atoms with Gasteiger partial charge in [0.1, 0.15) is 23.0 Å². The molecule has 1 aliphatic heterocycles. The normalized spacial score (nSPS) is 14.2. The van der Waals surface area contributed by atoms with Crippen molar-refractivity contribution in [3.05, 3.63) is 46.9 Å². The van der Waals surface area contributed by atoms with Crippen LogP contribution in [0.5, 0.6) is 5.88 Å². The van der Waals surface area contributed by atoms with Crippen LogP contribution >= 0.6 is 11.6 Å². The summed E-state index contributed by atoms with van der Waals surface area (Å²) in [6.07, 6.45) is 1.23. The average Bonchev–Trinajstić information content (AvgIpc) is 2.64. The molecular weight excluding hydrogens is 425 g/mol. The number of nitrogens with zero attached hydrogens (tertiary/aromatic N) is 2. The molecule has 0 bridgehead atoms. The van der Waals surface area contributed by atoms with Gasteiger partial charge in [-0.1, -0.05) is 11.6 Å². The molecule has 1 aromatic heterocycles. The first kappa shape index (κ1) is 21.3. The largest absolute Gasteiger partial charge is 0.474 e. The zero-order chi connectivity index (χ0) is 21.4. The van der Waals surface area contributed by atoms with Crippen LogP contribution in [-0.2, 0) is 10.0 Å². The van der Waals surface area contributed by atoms with Crippen LogP contribution in [0.2, 0.25) is 5.02 Å². The second kappa shape index (κ2) is 7.77. The first-order valence-corrected chi connectivity index (χ1v) is 10.4. The molecule has 1 aliphatic rings. The van der Waals surface area contributed by atoms with Gasteiger partial charge >= 0.3 is 0 Å². The van der Waals surface area contributed by atoms with Crippen molar-refractivity contribution in [2.24, 2.45) is 0 Å². The molecule has 29 heavy (non-hydrogen) atoms. The van der Waals surface area contributed by atoms with E-state index in [9.17, 15) is 22.7 Å². The summed E-state index contributed by atoms with van der Waals surface area (Å²) in [5, 5.41) is 12.3. The Morgan fingerprint density at radius 3 is 2.79 bits per heavy atom. The highest BCUT2D eigenvalue weighted by molar-refractivity contribution is 7.92. The minimum absolute atomic E-state index is 0.00762. The molecule has 156 valence electrons. The van der Waals surface area contributed by atoms with Crippen molar-refractivity contribution in [1.82, 2.24) is 10.3 Å². The van der Waals surface area contributed by atoms with Gasteiger partial charge in [0, 0.05) is 17.8 Å². The molecule has 0 saturated heterocycles. The highest BCUT2D eigenvalue weighted by Crippen LogP contribution is 2.35. The van der Waals surface area contributed by atoms with Crippen LogP contribution in [0.1, 0.15) is 24.2 Å². The molecule has 8 nitrogen and oxygen atoms in total. The number of pyridine rings is 1. The molecule has 2 N–H and O–H groups in total. The van der Waals surface area contributed by atoms with E-state index >= 15 is 0 Å². The quantitative estimate of drug-likeness (QED) is 0.731. The summed E-state index contributed by atoms with van der Waals surface area (Å²) in [5.74, 6) is -1.53. The SMILES string of the molecule is CC(C)(O)CNC(=O)c1cnc2c(c1)N(S(=O)(=O)c1ccc(Cl)cc1F)CCO2. The minimum atomic E-state index is -4.29. The first-order valence-electron chi connectivity index (χ1n) is 8.60. The van der Waals surface area contributed by atoms with Crippen molar-refractivity contribution in [2.75, 3.05) is 24.0 Å². The van der Waals surface area contributed by atoms with Gasteiger partial charge in [-0.05, 0) is 38.1 Å². The van der Waals surface area contributed by atoms with E-state index in [1.165, 1.54) is 32.2 Å². The number of sulfonamides is 1. The summed E-state index contributed by atoms with van der Waals surface area (Å²) in [7, 11) is -4.29. The number of anilines is 1. The predicted molar refractivity (Wildman–Crippen MR) is 104 cm³/mol. The van der Waals surface area contributed by atoms with E-state index in [-0.39, 0.29) is 41.8 Å². The monoisotopic (exact) mass is 443 g/mol. The van der Waals surface area contributed by atoms with Crippen LogP contribution in [0, 0.1) is 5.82 Å². The number of aliphatic hydroxyl groups is 1. The van der Waals surface area contributed by atoms with E-state index in [1.807, 2.05) is 0 Å². The zero-order valence-corrected chi connectivity index (χ0v) is 17.2. The zero-order valence-electron chi connectivity index (χ0n) is 15.6. The van der Waals surface area contributed by atoms with Crippen molar-refractivity contribution in [2.45, 2.75) is 24.3 Å². The third-order valence-corrected chi connectivity index (χ3v) is 6.12. The van der Waals surface area contributed by atoms with Crippen molar-refractivity contribution in [3.63, 3.8) is 0 Å². The maximum Gasteiger partial charge on any atom is 0.267 e. The highest BCUT2D eigenvalue weighted by Gasteiger charge is 2.33. The fourth-order valence-electron chi connectivity index (χ4n) is 2.65. The molecule has 0 unspecified atom stereocenters. The number of fused-ring (bicyclic) bond motifs is 1. The van der Waals surface area contributed by atoms with Crippen LogP contribution in [0.3, 0.4) is 0 Å². The van der Waals surface area contributed by atoms with Crippen molar-refractivity contribution < 1.29 is 27.4 Å². The number of benzene rings is 1. The fraction of sp³-hybridized carbons (Fsp3) is 0.333. The molecule has 0 spiro atoms. The smallest absolute Gasteiger partial charge is 0.267 e. The van der Waals surface area contributed by atoms with Crippen LogP contribution < -0.4 is 14.4 Å². The van der Waals surface area contributed by atoms with E-state index < -0.39 is 32.2 Å². The number of carbonyl (C=O) groups excluding carboxylic acids is 1.